The van der Waals surface area contributed by atoms with Crippen molar-refractivity contribution in [1.29, 1.82) is 0 Å². The summed E-state index contributed by atoms with van der Waals surface area (Å²) in [6.45, 7) is 10.3. The third-order valence-electron chi connectivity index (χ3n) is 4.17. The number of unbranched alkanes of at least 4 members (excludes halogenated alkanes) is 2. The van der Waals surface area contributed by atoms with Crippen molar-refractivity contribution in [3.8, 4) is 0 Å². The molecule has 19 heavy (non-hydrogen) atoms. The minimum Gasteiger partial charge on any atom is -0.384 e. The molecular formula is C16H34N2O. The van der Waals surface area contributed by atoms with E-state index >= 15 is 0 Å². The SMILES string of the molecule is CCCCCC(C)NCCN1CCCC(COC)C1. The van der Waals surface area contributed by atoms with E-state index in [-0.39, 0.29) is 0 Å². The Morgan fingerprint density at radius 2 is 2.21 bits per heavy atom. The van der Waals surface area contributed by atoms with Gasteiger partial charge >= 0.3 is 0 Å². The fourth-order valence-electron chi connectivity index (χ4n) is 3.00. The fourth-order valence-corrected chi connectivity index (χ4v) is 3.00. The Balaban J connectivity index is 2.04. The molecule has 1 aliphatic rings. The summed E-state index contributed by atoms with van der Waals surface area (Å²) >= 11 is 0. The summed E-state index contributed by atoms with van der Waals surface area (Å²) in [5.41, 5.74) is 0. The Bertz CT molecular complexity index is 209. The monoisotopic (exact) mass is 270 g/mol. The summed E-state index contributed by atoms with van der Waals surface area (Å²) in [6.07, 6.45) is 8.05. The maximum atomic E-state index is 5.28. The van der Waals surface area contributed by atoms with Crippen molar-refractivity contribution in [3.05, 3.63) is 0 Å². The molecule has 1 saturated heterocycles. The van der Waals surface area contributed by atoms with Crippen LogP contribution in [0.3, 0.4) is 0 Å². The minimum atomic E-state index is 0.672. The number of piperidine rings is 1. The highest BCUT2D eigenvalue weighted by atomic mass is 16.5. The van der Waals surface area contributed by atoms with Gasteiger partial charge < -0.3 is 15.0 Å². The average molecular weight is 270 g/mol. The lowest BCUT2D eigenvalue weighted by Crippen LogP contribution is -2.42. The van der Waals surface area contributed by atoms with Gasteiger partial charge in [0.25, 0.3) is 0 Å². The number of nitrogens with zero attached hydrogens (tertiary/aromatic N) is 1. The van der Waals surface area contributed by atoms with E-state index in [0.29, 0.717) is 6.04 Å². The van der Waals surface area contributed by atoms with Crippen LogP contribution in [0.1, 0.15) is 52.4 Å². The van der Waals surface area contributed by atoms with E-state index in [1.807, 2.05) is 7.11 Å². The van der Waals surface area contributed by atoms with Crippen molar-refractivity contribution in [3.63, 3.8) is 0 Å². The van der Waals surface area contributed by atoms with E-state index in [2.05, 4.69) is 24.1 Å². The summed E-state index contributed by atoms with van der Waals surface area (Å²) < 4.78 is 5.28. The van der Waals surface area contributed by atoms with Crippen molar-refractivity contribution in [2.24, 2.45) is 5.92 Å². The smallest absolute Gasteiger partial charge is 0.0502 e. The second-order valence-electron chi connectivity index (χ2n) is 6.12. The van der Waals surface area contributed by atoms with Crippen molar-refractivity contribution in [1.82, 2.24) is 10.2 Å². The van der Waals surface area contributed by atoms with E-state index < -0.39 is 0 Å². The molecule has 1 fully saturated rings. The Hall–Kier alpha value is -0.120. The van der Waals surface area contributed by atoms with Gasteiger partial charge in [0, 0.05) is 32.8 Å². The Morgan fingerprint density at radius 1 is 1.37 bits per heavy atom. The van der Waals surface area contributed by atoms with Crippen LogP contribution >= 0.6 is 0 Å². The number of nitrogens with one attached hydrogen (secondary N) is 1. The molecule has 0 aromatic heterocycles. The van der Waals surface area contributed by atoms with Gasteiger partial charge in [0.2, 0.25) is 0 Å². The van der Waals surface area contributed by atoms with Gasteiger partial charge in [0.05, 0.1) is 6.61 Å². The zero-order chi connectivity index (χ0) is 13.9. The topological polar surface area (TPSA) is 24.5 Å². The molecule has 0 spiro atoms. The van der Waals surface area contributed by atoms with E-state index in [1.165, 1.54) is 58.2 Å². The maximum absolute atomic E-state index is 5.28. The molecule has 0 bridgehead atoms. The highest BCUT2D eigenvalue weighted by Gasteiger charge is 2.19. The molecule has 2 unspecified atom stereocenters. The Morgan fingerprint density at radius 3 is 2.95 bits per heavy atom. The molecule has 1 N–H and O–H groups in total. The summed E-state index contributed by atoms with van der Waals surface area (Å²) in [5, 5.41) is 3.66. The second-order valence-corrected chi connectivity index (χ2v) is 6.12. The molecule has 3 nitrogen and oxygen atoms in total. The highest BCUT2D eigenvalue weighted by molar-refractivity contribution is 4.73. The third-order valence-corrected chi connectivity index (χ3v) is 4.17. The number of hydrogen-bond acceptors (Lipinski definition) is 3. The Kier molecular flexibility index (Phi) is 9.48. The van der Waals surface area contributed by atoms with Gasteiger partial charge in [-0.15, -0.1) is 0 Å². The zero-order valence-corrected chi connectivity index (χ0v) is 13.3. The van der Waals surface area contributed by atoms with Crippen molar-refractivity contribution < 1.29 is 4.74 Å². The van der Waals surface area contributed by atoms with Gasteiger partial charge in [0.1, 0.15) is 0 Å². The fraction of sp³-hybridized carbons (Fsp3) is 1.00. The molecule has 2 atom stereocenters. The summed E-state index contributed by atoms with van der Waals surface area (Å²) in [4.78, 5) is 2.60. The largest absolute Gasteiger partial charge is 0.384 e. The molecule has 3 heteroatoms. The van der Waals surface area contributed by atoms with Crippen LogP contribution in [0.15, 0.2) is 0 Å². The molecule has 0 saturated carbocycles. The van der Waals surface area contributed by atoms with Gasteiger partial charge in [-0.05, 0) is 38.6 Å². The first-order valence-corrected chi connectivity index (χ1v) is 8.21. The van der Waals surface area contributed by atoms with E-state index in [0.717, 1.165) is 19.1 Å². The first-order valence-electron chi connectivity index (χ1n) is 8.21. The van der Waals surface area contributed by atoms with Crippen LogP contribution in [0.5, 0.6) is 0 Å². The van der Waals surface area contributed by atoms with Crippen LogP contribution in [0, 0.1) is 5.92 Å². The first kappa shape index (κ1) is 16.9. The molecule has 1 aliphatic heterocycles. The lowest BCUT2D eigenvalue weighted by atomic mass is 9.99. The minimum absolute atomic E-state index is 0.672. The van der Waals surface area contributed by atoms with Crippen LogP contribution in [-0.2, 0) is 4.74 Å². The molecule has 1 heterocycles. The van der Waals surface area contributed by atoms with Gasteiger partial charge in [0.15, 0.2) is 0 Å². The maximum Gasteiger partial charge on any atom is 0.0502 e. The zero-order valence-electron chi connectivity index (χ0n) is 13.3. The van der Waals surface area contributed by atoms with E-state index in [9.17, 15) is 0 Å². The van der Waals surface area contributed by atoms with Crippen molar-refractivity contribution >= 4 is 0 Å². The highest BCUT2D eigenvalue weighted by Crippen LogP contribution is 2.16. The summed E-state index contributed by atoms with van der Waals surface area (Å²) in [6, 6.07) is 0.672. The standard InChI is InChI=1S/C16H34N2O/c1-4-5-6-8-15(2)17-10-12-18-11-7-9-16(13-18)14-19-3/h15-17H,4-14H2,1-3H3. The Labute approximate surface area is 120 Å². The molecule has 0 aromatic carbocycles. The number of likely N-dealkylation sites (tertiary alicyclic amines) is 1. The number of rotatable bonds is 10. The van der Waals surface area contributed by atoms with Gasteiger partial charge in [-0.25, -0.2) is 0 Å². The van der Waals surface area contributed by atoms with Crippen LogP contribution in [-0.4, -0.2) is 50.8 Å². The van der Waals surface area contributed by atoms with Gasteiger partial charge in [-0.1, -0.05) is 26.2 Å². The quantitative estimate of drug-likeness (QED) is 0.618. The summed E-state index contributed by atoms with van der Waals surface area (Å²) in [5.74, 6) is 0.751. The predicted molar refractivity (Wildman–Crippen MR) is 82.6 cm³/mol. The first-order chi connectivity index (χ1) is 9.26. The molecule has 0 radical (unpaired) electrons. The average Bonchev–Trinajstić information content (AvgIpc) is 2.40. The molecular weight excluding hydrogens is 236 g/mol. The van der Waals surface area contributed by atoms with Gasteiger partial charge in [-0.2, -0.15) is 0 Å². The molecule has 0 aliphatic carbocycles. The second kappa shape index (κ2) is 10.6. The van der Waals surface area contributed by atoms with Crippen molar-refractivity contribution in [2.45, 2.75) is 58.4 Å². The van der Waals surface area contributed by atoms with Gasteiger partial charge in [-0.3, -0.25) is 0 Å². The lowest BCUT2D eigenvalue weighted by Gasteiger charge is -2.32. The van der Waals surface area contributed by atoms with E-state index in [4.69, 9.17) is 4.74 Å². The molecule has 0 amide bonds. The third kappa shape index (κ3) is 7.91. The lowest BCUT2D eigenvalue weighted by molar-refractivity contribution is 0.0907. The molecule has 0 aromatic rings. The van der Waals surface area contributed by atoms with Crippen LogP contribution < -0.4 is 5.32 Å². The number of methoxy groups -OCH3 is 1. The van der Waals surface area contributed by atoms with Crippen LogP contribution in [0.25, 0.3) is 0 Å². The van der Waals surface area contributed by atoms with Crippen molar-refractivity contribution in [2.75, 3.05) is 39.9 Å². The number of ether oxygens (including phenoxy) is 1. The number of hydrogen-bond donors (Lipinski definition) is 1. The summed E-state index contributed by atoms with van der Waals surface area (Å²) in [7, 11) is 1.82. The molecule has 1 rings (SSSR count). The normalized spacial score (nSPS) is 22.6. The van der Waals surface area contributed by atoms with E-state index in [1.54, 1.807) is 0 Å². The molecule has 114 valence electrons. The van der Waals surface area contributed by atoms with Crippen LogP contribution in [0.2, 0.25) is 0 Å². The van der Waals surface area contributed by atoms with Crippen LogP contribution in [0.4, 0.5) is 0 Å². The predicted octanol–water partition coefficient (Wildman–Crippen LogP) is 2.90.